The molecule has 0 aliphatic carbocycles. The summed E-state index contributed by atoms with van der Waals surface area (Å²) in [6, 6.07) is 18.5. The normalized spacial score (nSPS) is 10.3. The van der Waals surface area contributed by atoms with E-state index in [0.29, 0.717) is 6.54 Å². The first-order valence-corrected chi connectivity index (χ1v) is 6.23. The maximum Gasteiger partial charge on any atom is 0.0997 e. The lowest BCUT2D eigenvalue weighted by Crippen LogP contribution is -2.25. The van der Waals surface area contributed by atoms with E-state index < -0.39 is 0 Å². The van der Waals surface area contributed by atoms with Crippen molar-refractivity contribution in [2.45, 2.75) is 13.5 Å². The third-order valence-electron chi connectivity index (χ3n) is 2.94. The third kappa shape index (κ3) is 3.34. The van der Waals surface area contributed by atoms with Crippen LogP contribution in [-0.2, 0) is 11.7 Å². The molecule has 0 heterocycles. The molecule has 2 nitrogen and oxygen atoms in total. The van der Waals surface area contributed by atoms with Gasteiger partial charge in [0.2, 0.25) is 0 Å². The molecule has 18 heavy (non-hydrogen) atoms. The molecule has 0 fully saturated rings. The molecule has 0 spiro atoms. The highest BCUT2D eigenvalue weighted by Crippen LogP contribution is 2.18. The van der Waals surface area contributed by atoms with Gasteiger partial charge in [-0.25, -0.2) is 5.11 Å². The van der Waals surface area contributed by atoms with Crippen molar-refractivity contribution in [3.63, 3.8) is 0 Å². The molecule has 2 rings (SSSR count). The minimum atomic E-state index is -0.0826. The van der Waals surface area contributed by atoms with Crippen LogP contribution in [0.15, 0.2) is 54.6 Å². The van der Waals surface area contributed by atoms with Crippen molar-refractivity contribution in [1.29, 1.82) is 0 Å². The Labute approximate surface area is 109 Å². The van der Waals surface area contributed by atoms with Gasteiger partial charge in [-0.05, 0) is 30.2 Å². The standard InChI is InChI=1S/C16H18NO/c1-14-6-5-9-16(12-14)17(10-11-18)13-15-7-3-2-4-8-15/h2-9,12H,10-11,13H2,1H3. The fraction of sp³-hybridized carbons (Fsp3) is 0.250. The predicted octanol–water partition coefficient (Wildman–Crippen LogP) is 3.43. The first-order valence-electron chi connectivity index (χ1n) is 6.23. The largest absolute Gasteiger partial charge is 0.365 e. The maximum atomic E-state index is 10.9. The fourth-order valence-corrected chi connectivity index (χ4v) is 2.04. The molecule has 0 bridgehead atoms. The van der Waals surface area contributed by atoms with E-state index in [0.717, 1.165) is 12.2 Å². The van der Waals surface area contributed by atoms with Gasteiger partial charge in [0.05, 0.1) is 6.61 Å². The highest BCUT2D eigenvalue weighted by Gasteiger charge is 2.07. The number of aryl methyl sites for hydroxylation is 1. The van der Waals surface area contributed by atoms with E-state index in [1.165, 1.54) is 11.1 Å². The van der Waals surface area contributed by atoms with Gasteiger partial charge in [-0.1, -0.05) is 42.5 Å². The topological polar surface area (TPSA) is 23.1 Å². The van der Waals surface area contributed by atoms with Gasteiger partial charge in [0, 0.05) is 18.8 Å². The summed E-state index contributed by atoms with van der Waals surface area (Å²) in [5, 5.41) is 10.9. The minimum Gasteiger partial charge on any atom is -0.365 e. The summed E-state index contributed by atoms with van der Waals surface area (Å²) in [5.41, 5.74) is 3.57. The number of rotatable bonds is 5. The smallest absolute Gasteiger partial charge is 0.0997 e. The number of nitrogens with zero attached hydrogens (tertiary/aromatic N) is 1. The Kier molecular flexibility index (Phi) is 4.37. The predicted molar refractivity (Wildman–Crippen MR) is 74.2 cm³/mol. The lowest BCUT2D eigenvalue weighted by Gasteiger charge is -2.24. The zero-order chi connectivity index (χ0) is 12.8. The van der Waals surface area contributed by atoms with Crippen LogP contribution < -0.4 is 4.90 Å². The second-order valence-corrected chi connectivity index (χ2v) is 4.45. The third-order valence-corrected chi connectivity index (χ3v) is 2.94. The van der Waals surface area contributed by atoms with Crippen molar-refractivity contribution < 1.29 is 5.11 Å². The lowest BCUT2D eigenvalue weighted by molar-refractivity contribution is 0.200. The summed E-state index contributed by atoms with van der Waals surface area (Å²) in [5.74, 6) is 0. The Morgan fingerprint density at radius 3 is 2.44 bits per heavy atom. The molecule has 2 aromatic rings. The van der Waals surface area contributed by atoms with Crippen LogP contribution in [0.3, 0.4) is 0 Å². The van der Waals surface area contributed by atoms with E-state index >= 15 is 0 Å². The van der Waals surface area contributed by atoms with Crippen molar-refractivity contribution in [1.82, 2.24) is 0 Å². The SMILES string of the molecule is Cc1cccc(N(CC[O])Cc2ccccc2)c1. The molecule has 0 N–H and O–H groups in total. The molecular formula is C16H18NO. The monoisotopic (exact) mass is 240 g/mol. The Morgan fingerprint density at radius 2 is 1.78 bits per heavy atom. The second kappa shape index (κ2) is 6.22. The molecule has 0 aliphatic rings. The maximum absolute atomic E-state index is 10.9. The summed E-state index contributed by atoms with van der Waals surface area (Å²) < 4.78 is 0. The summed E-state index contributed by atoms with van der Waals surface area (Å²) in [4.78, 5) is 2.13. The van der Waals surface area contributed by atoms with Crippen LogP contribution in [0.25, 0.3) is 0 Å². The van der Waals surface area contributed by atoms with E-state index in [9.17, 15) is 5.11 Å². The van der Waals surface area contributed by atoms with E-state index in [2.05, 4.69) is 42.2 Å². The number of hydrogen-bond donors (Lipinski definition) is 0. The highest BCUT2D eigenvalue weighted by molar-refractivity contribution is 5.49. The summed E-state index contributed by atoms with van der Waals surface area (Å²) >= 11 is 0. The summed E-state index contributed by atoms with van der Waals surface area (Å²) in [6.07, 6.45) is 0. The number of anilines is 1. The molecular weight excluding hydrogens is 222 g/mol. The Morgan fingerprint density at radius 1 is 1.00 bits per heavy atom. The summed E-state index contributed by atoms with van der Waals surface area (Å²) in [7, 11) is 0. The minimum absolute atomic E-state index is 0.0826. The van der Waals surface area contributed by atoms with Crippen LogP contribution in [0.1, 0.15) is 11.1 Å². The second-order valence-electron chi connectivity index (χ2n) is 4.45. The highest BCUT2D eigenvalue weighted by atomic mass is 16.3. The zero-order valence-electron chi connectivity index (χ0n) is 10.7. The van der Waals surface area contributed by atoms with Crippen LogP contribution >= 0.6 is 0 Å². The van der Waals surface area contributed by atoms with Crippen LogP contribution in [0.4, 0.5) is 5.69 Å². The fourth-order valence-electron chi connectivity index (χ4n) is 2.04. The van der Waals surface area contributed by atoms with Gasteiger partial charge >= 0.3 is 0 Å². The van der Waals surface area contributed by atoms with Crippen molar-refractivity contribution in [3.05, 3.63) is 65.7 Å². The quantitative estimate of drug-likeness (QED) is 0.785. The van der Waals surface area contributed by atoms with Gasteiger partial charge in [-0.2, -0.15) is 0 Å². The van der Waals surface area contributed by atoms with E-state index in [1.807, 2.05) is 24.3 Å². The van der Waals surface area contributed by atoms with Gasteiger partial charge in [0.1, 0.15) is 0 Å². The van der Waals surface area contributed by atoms with Gasteiger partial charge < -0.3 is 4.90 Å². The average molecular weight is 240 g/mol. The Hall–Kier alpha value is -1.80. The molecule has 0 unspecified atom stereocenters. The van der Waals surface area contributed by atoms with Crippen molar-refractivity contribution in [2.75, 3.05) is 18.1 Å². The molecule has 93 valence electrons. The first-order chi connectivity index (χ1) is 8.79. The molecule has 0 saturated heterocycles. The Balaban J connectivity index is 2.18. The van der Waals surface area contributed by atoms with Crippen LogP contribution in [0.5, 0.6) is 0 Å². The lowest BCUT2D eigenvalue weighted by atomic mass is 10.1. The Bertz CT molecular complexity index is 481. The number of hydrogen-bond acceptors (Lipinski definition) is 1. The molecule has 0 atom stereocenters. The van der Waals surface area contributed by atoms with Gasteiger partial charge in [-0.15, -0.1) is 0 Å². The molecule has 2 heteroatoms. The molecule has 0 amide bonds. The molecule has 0 saturated carbocycles. The van der Waals surface area contributed by atoms with Crippen LogP contribution in [0, 0.1) is 6.92 Å². The van der Waals surface area contributed by atoms with Gasteiger partial charge in [0.15, 0.2) is 0 Å². The average Bonchev–Trinajstić information content (AvgIpc) is 2.39. The van der Waals surface area contributed by atoms with Crippen LogP contribution in [-0.4, -0.2) is 13.2 Å². The summed E-state index contributed by atoms with van der Waals surface area (Å²) in [6.45, 7) is 3.31. The first kappa shape index (κ1) is 12.7. The van der Waals surface area contributed by atoms with Crippen molar-refractivity contribution >= 4 is 5.69 Å². The molecule has 2 aromatic carbocycles. The molecule has 0 aromatic heterocycles. The van der Waals surface area contributed by atoms with Gasteiger partial charge in [0.25, 0.3) is 0 Å². The van der Waals surface area contributed by atoms with Crippen molar-refractivity contribution in [3.8, 4) is 0 Å². The molecule has 0 aliphatic heterocycles. The van der Waals surface area contributed by atoms with Crippen LogP contribution in [0.2, 0.25) is 0 Å². The van der Waals surface area contributed by atoms with Crippen molar-refractivity contribution in [2.24, 2.45) is 0 Å². The molecule has 1 radical (unpaired) electrons. The van der Waals surface area contributed by atoms with E-state index in [1.54, 1.807) is 0 Å². The van der Waals surface area contributed by atoms with E-state index in [4.69, 9.17) is 0 Å². The van der Waals surface area contributed by atoms with Gasteiger partial charge in [-0.3, -0.25) is 0 Å². The zero-order valence-corrected chi connectivity index (χ0v) is 10.7. The van der Waals surface area contributed by atoms with E-state index in [-0.39, 0.29) is 6.61 Å². The number of benzene rings is 2.